The Balaban J connectivity index is 1.91. The molecule has 0 spiro atoms. The summed E-state index contributed by atoms with van der Waals surface area (Å²) < 4.78 is 15.9. The summed E-state index contributed by atoms with van der Waals surface area (Å²) in [5.41, 5.74) is 1.65. The molecule has 0 saturated heterocycles. The van der Waals surface area contributed by atoms with Crippen molar-refractivity contribution in [3.63, 3.8) is 0 Å². The zero-order valence-electron chi connectivity index (χ0n) is 15.4. The van der Waals surface area contributed by atoms with E-state index < -0.39 is 11.9 Å². The third-order valence-corrected chi connectivity index (χ3v) is 5.28. The van der Waals surface area contributed by atoms with Crippen LogP contribution in [0.15, 0.2) is 52.4 Å². The number of nitrogens with zero attached hydrogens (tertiary/aromatic N) is 4. The summed E-state index contributed by atoms with van der Waals surface area (Å²) in [6.07, 6.45) is 3.40. The van der Waals surface area contributed by atoms with Crippen molar-refractivity contribution in [2.24, 2.45) is 7.05 Å². The topological polar surface area (TPSA) is 90.0 Å². The molecule has 1 aromatic carbocycles. The van der Waals surface area contributed by atoms with Gasteiger partial charge in [0.2, 0.25) is 0 Å². The quantitative estimate of drug-likeness (QED) is 0.611. The third kappa shape index (κ3) is 4.66. The van der Waals surface area contributed by atoms with Crippen LogP contribution < -0.4 is 5.56 Å². The summed E-state index contributed by atoms with van der Waals surface area (Å²) in [4.78, 5) is 24.6. The Morgan fingerprint density at radius 2 is 2.00 bits per heavy atom. The number of halogens is 1. The van der Waals surface area contributed by atoms with Crippen LogP contribution in [0, 0.1) is 5.82 Å². The molecule has 2 heterocycles. The number of hydrogen-bond donors (Lipinski definition) is 1. The van der Waals surface area contributed by atoms with Crippen molar-refractivity contribution in [1.82, 2.24) is 19.6 Å². The lowest BCUT2D eigenvalue weighted by molar-refractivity contribution is -0.138. The predicted molar refractivity (Wildman–Crippen MR) is 103 cm³/mol. The van der Waals surface area contributed by atoms with Gasteiger partial charge in [-0.15, -0.1) is 11.8 Å². The fraction of sp³-hybridized carbons (Fsp3) is 0.263. The molecule has 0 amide bonds. The van der Waals surface area contributed by atoms with Gasteiger partial charge >= 0.3 is 5.97 Å². The lowest BCUT2D eigenvalue weighted by Crippen LogP contribution is -2.26. The van der Waals surface area contributed by atoms with Crippen LogP contribution in [0.2, 0.25) is 0 Å². The number of aryl methyl sites for hydroxylation is 1. The van der Waals surface area contributed by atoms with E-state index in [1.54, 1.807) is 36.3 Å². The van der Waals surface area contributed by atoms with E-state index in [2.05, 4.69) is 10.2 Å². The van der Waals surface area contributed by atoms with Gasteiger partial charge < -0.3 is 5.11 Å². The normalized spacial score (nSPS) is 12.1. The highest BCUT2D eigenvalue weighted by Gasteiger charge is 2.22. The van der Waals surface area contributed by atoms with Crippen LogP contribution in [0.4, 0.5) is 4.39 Å². The first-order chi connectivity index (χ1) is 13.3. The summed E-state index contributed by atoms with van der Waals surface area (Å²) in [6.45, 7) is 1.74. The Hall–Kier alpha value is -2.94. The number of rotatable bonds is 7. The van der Waals surface area contributed by atoms with Gasteiger partial charge in [0, 0.05) is 35.5 Å². The maximum atomic E-state index is 13.1. The largest absolute Gasteiger partial charge is 0.481 e. The fourth-order valence-electron chi connectivity index (χ4n) is 2.60. The molecule has 1 N–H and O–H groups in total. The molecule has 0 aliphatic carbocycles. The number of carboxylic acids is 1. The Bertz CT molecular complexity index is 1050. The lowest BCUT2D eigenvalue weighted by Gasteiger charge is -2.14. The van der Waals surface area contributed by atoms with Crippen LogP contribution in [0.3, 0.4) is 0 Å². The SMILES string of the molecule is CC(C(=O)O)c1nn(Cc2cnn(C)c2)c(=O)cc1SCc1ccc(F)cc1. The Morgan fingerprint density at radius 1 is 1.29 bits per heavy atom. The van der Waals surface area contributed by atoms with E-state index in [1.807, 2.05) is 0 Å². The van der Waals surface area contributed by atoms with E-state index in [-0.39, 0.29) is 17.9 Å². The average Bonchev–Trinajstić information content (AvgIpc) is 3.07. The highest BCUT2D eigenvalue weighted by Crippen LogP contribution is 2.29. The van der Waals surface area contributed by atoms with E-state index in [9.17, 15) is 19.1 Å². The highest BCUT2D eigenvalue weighted by atomic mass is 32.2. The van der Waals surface area contributed by atoms with E-state index in [1.165, 1.54) is 41.6 Å². The number of aliphatic carboxylic acids is 1. The van der Waals surface area contributed by atoms with Crippen molar-refractivity contribution in [3.05, 3.63) is 75.7 Å². The van der Waals surface area contributed by atoms with Crippen molar-refractivity contribution in [2.45, 2.75) is 30.0 Å². The summed E-state index contributed by atoms with van der Waals surface area (Å²) in [5, 5.41) is 17.8. The van der Waals surface area contributed by atoms with Crippen molar-refractivity contribution < 1.29 is 14.3 Å². The van der Waals surface area contributed by atoms with Crippen molar-refractivity contribution in [2.75, 3.05) is 0 Å². The number of hydrogen-bond acceptors (Lipinski definition) is 5. The second kappa shape index (κ2) is 8.39. The van der Waals surface area contributed by atoms with Gasteiger partial charge in [-0.25, -0.2) is 9.07 Å². The molecule has 28 heavy (non-hydrogen) atoms. The number of carboxylic acid groups (broad SMARTS) is 1. The van der Waals surface area contributed by atoms with Crippen molar-refractivity contribution >= 4 is 17.7 Å². The highest BCUT2D eigenvalue weighted by molar-refractivity contribution is 7.98. The summed E-state index contributed by atoms with van der Waals surface area (Å²) in [7, 11) is 1.77. The summed E-state index contributed by atoms with van der Waals surface area (Å²) in [5.74, 6) is -1.76. The molecule has 1 unspecified atom stereocenters. The van der Waals surface area contributed by atoms with Gasteiger partial charge in [0.15, 0.2) is 0 Å². The van der Waals surface area contributed by atoms with Gasteiger partial charge in [-0.05, 0) is 24.6 Å². The summed E-state index contributed by atoms with van der Waals surface area (Å²) in [6, 6.07) is 7.44. The second-order valence-corrected chi connectivity index (χ2v) is 7.40. The van der Waals surface area contributed by atoms with Crippen LogP contribution in [0.1, 0.15) is 29.7 Å². The van der Waals surface area contributed by atoms with E-state index >= 15 is 0 Å². The monoisotopic (exact) mass is 402 g/mol. The molecular formula is C19H19FN4O3S. The minimum Gasteiger partial charge on any atom is -0.481 e. The maximum Gasteiger partial charge on any atom is 0.312 e. The van der Waals surface area contributed by atoms with Gasteiger partial charge in [0.25, 0.3) is 5.56 Å². The molecular weight excluding hydrogens is 383 g/mol. The molecule has 0 bridgehead atoms. The average molecular weight is 402 g/mol. The van der Waals surface area contributed by atoms with Crippen molar-refractivity contribution in [3.8, 4) is 0 Å². The molecule has 0 fully saturated rings. The Kier molecular flexibility index (Phi) is 5.93. The van der Waals surface area contributed by atoms with Crippen LogP contribution in [-0.4, -0.2) is 30.6 Å². The molecule has 7 nitrogen and oxygen atoms in total. The van der Waals surface area contributed by atoms with Crippen LogP contribution >= 0.6 is 11.8 Å². The molecule has 3 aromatic rings. The smallest absolute Gasteiger partial charge is 0.312 e. The third-order valence-electron chi connectivity index (χ3n) is 4.17. The van der Waals surface area contributed by atoms with E-state index in [0.29, 0.717) is 16.3 Å². The lowest BCUT2D eigenvalue weighted by atomic mass is 10.1. The molecule has 3 rings (SSSR count). The Labute approximate surface area is 164 Å². The van der Waals surface area contributed by atoms with Crippen LogP contribution in [0.5, 0.6) is 0 Å². The zero-order valence-corrected chi connectivity index (χ0v) is 16.2. The number of benzene rings is 1. The number of aromatic nitrogens is 4. The minimum absolute atomic E-state index is 0.203. The zero-order chi connectivity index (χ0) is 20.3. The Morgan fingerprint density at radius 3 is 2.61 bits per heavy atom. The van der Waals surface area contributed by atoms with Crippen LogP contribution in [0.25, 0.3) is 0 Å². The standard InChI is InChI=1S/C19H19FN4O3S/c1-12(19(26)27)18-16(28-11-13-3-5-15(20)6-4-13)7-17(25)24(22-18)10-14-8-21-23(2)9-14/h3-9,12H,10-11H2,1-2H3,(H,26,27). The fourth-order valence-corrected chi connectivity index (χ4v) is 3.67. The minimum atomic E-state index is -1.03. The molecule has 9 heteroatoms. The molecule has 146 valence electrons. The van der Waals surface area contributed by atoms with Gasteiger partial charge in [0.05, 0.1) is 24.4 Å². The van der Waals surface area contributed by atoms with E-state index in [4.69, 9.17) is 0 Å². The molecule has 1 atom stereocenters. The maximum absolute atomic E-state index is 13.1. The second-order valence-electron chi connectivity index (χ2n) is 6.39. The summed E-state index contributed by atoms with van der Waals surface area (Å²) >= 11 is 1.31. The number of carbonyl (C=O) groups is 1. The predicted octanol–water partition coefficient (Wildman–Crippen LogP) is 2.64. The molecule has 0 saturated carbocycles. The molecule has 0 aliphatic rings. The van der Waals surface area contributed by atoms with Gasteiger partial charge in [-0.3, -0.25) is 14.3 Å². The molecule has 0 aliphatic heterocycles. The van der Waals surface area contributed by atoms with Gasteiger partial charge in [0.1, 0.15) is 5.82 Å². The number of thioether (sulfide) groups is 1. The van der Waals surface area contributed by atoms with Crippen molar-refractivity contribution in [1.29, 1.82) is 0 Å². The first kappa shape index (κ1) is 19.8. The first-order valence-electron chi connectivity index (χ1n) is 8.53. The van der Waals surface area contributed by atoms with Gasteiger partial charge in [-0.1, -0.05) is 12.1 Å². The van der Waals surface area contributed by atoms with Gasteiger partial charge in [-0.2, -0.15) is 10.2 Å². The first-order valence-corrected chi connectivity index (χ1v) is 9.51. The molecule has 0 radical (unpaired) electrons. The molecule has 2 aromatic heterocycles. The van der Waals surface area contributed by atoms with E-state index in [0.717, 1.165) is 11.1 Å². The van der Waals surface area contributed by atoms with Crippen LogP contribution in [-0.2, 0) is 24.1 Å².